The lowest BCUT2D eigenvalue weighted by Gasteiger charge is -2.17. The van der Waals surface area contributed by atoms with Crippen LogP contribution in [0.25, 0.3) is 0 Å². The maximum absolute atomic E-state index is 5.53. The van der Waals surface area contributed by atoms with E-state index in [1.807, 2.05) is 0 Å². The molecule has 0 rings (SSSR count). The van der Waals surface area contributed by atoms with Crippen molar-refractivity contribution >= 4 is 0 Å². The summed E-state index contributed by atoms with van der Waals surface area (Å²) in [7, 11) is 2.18. The highest BCUT2D eigenvalue weighted by Gasteiger charge is 1.99. The molecule has 0 bridgehead atoms. The Kier molecular flexibility index (Phi) is 12.3. The molecule has 0 fully saturated rings. The van der Waals surface area contributed by atoms with E-state index in [0.29, 0.717) is 6.10 Å². The average Bonchev–Trinajstić information content (AvgIpc) is 2.27. The van der Waals surface area contributed by atoms with Crippen molar-refractivity contribution in [2.75, 3.05) is 39.8 Å². The summed E-state index contributed by atoms with van der Waals surface area (Å²) in [5.74, 6) is 0. The summed E-state index contributed by atoms with van der Waals surface area (Å²) in [5.41, 5.74) is 0. The highest BCUT2D eigenvalue weighted by molar-refractivity contribution is 4.54. The highest BCUT2D eigenvalue weighted by Crippen LogP contribution is 1.97. The van der Waals surface area contributed by atoms with E-state index in [-0.39, 0.29) is 0 Å². The van der Waals surface area contributed by atoms with Crippen molar-refractivity contribution in [3.63, 3.8) is 0 Å². The topological polar surface area (TPSA) is 24.5 Å². The summed E-state index contributed by atoms with van der Waals surface area (Å²) in [6.07, 6.45) is 5.51. The molecule has 104 valence electrons. The summed E-state index contributed by atoms with van der Waals surface area (Å²) in [4.78, 5) is 2.36. The van der Waals surface area contributed by atoms with Gasteiger partial charge in [0.25, 0.3) is 0 Å². The van der Waals surface area contributed by atoms with Crippen LogP contribution in [0.1, 0.15) is 46.5 Å². The quantitative estimate of drug-likeness (QED) is 0.534. The van der Waals surface area contributed by atoms with Crippen LogP contribution in [0.4, 0.5) is 0 Å². The van der Waals surface area contributed by atoms with Gasteiger partial charge in [0.2, 0.25) is 0 Å². The Morgan fingerprint density at radius 2 is 1.82 bits per heavy atom. The molecule has 0 aliphatic carbocycles. The maximum Gasteiger partial charge on any atom is 0.0596 e. The minimum atomic E-state index is 0.355. The molecule has 0 aromatic rings. The number of hydrogen-bond acceptors (Lipinski definition) is 3. The fourth-order valence-corrected chi connectivity index (χ4v) is 1.67. The van der Waals surface area contributed by atoms with Gasteiger partial charge in [-0.25, -0.2) is 0 Å². The lowest BCUT2D eigenvalue weighted by Crippen LogP contribution is -2.25. The zero-order valence-corrected chi connectivity index (χ0v) is 12.3. The number of ether oxygens (including phenoxy) is 1. The third-order valence-electron chi connectivity index (χ3n) is 2.74. The fraction of sp³-hybridized carbons (Fsp3) is 1.00. The molecular weight excluding hydrogens is 212 g/mol. The van der Waals surface area contributed by atoms with Gasteiger partial charge in [0.15, 0.2) is 0 Å². The second-order valence-electron chi connectivity index (χ2n) is 5.03. The Morgan fingerprint density at radius 1 is 1.06 bits per heavy atom. The Labute approximate surface area is 108 Å². The molecule has 0 saturated heterocycles. The van der Waals surface area contributed by atoms with Gasteiger partial charge in [0.1, 0.15) is 0 Å². The highest BCUT2D eigenvalue weighted by atomic mass is 16.5. The van der Waals surface area contributed by atoms with E-state index in [0.717, 1.165) is 19.7 Å². The molecule has 3 heteroatoms. The number of unbranched alkanes of at least 4 members (excludes halogenated alkanes) is 2. The van der Waals surface area contributed by atoms with Crippen LogP contribution in [0, 0.1) is 0 Å². The number of hydrogen-bond donors (Lipinski definition) is 1. The van der Waals surface area contributed by atoms with Crippen molar-refractivity contribution < 1.29 is 4.74 Å². The Bertz CT molecular complexity index is 151. The van der Waals surface area contributed by atoms with Crippen LogP contribution in [0.5, 0.6) is 0 Å². The zero-order valence-electron chi connectivity index (χ0n) is 12.3. The molecule has 0 aliphatic heterocycles. The number of nitrogens with one attached hydrogen (secondary N) is 1. The Balaban J connectivity index is 3.13. The predicted molar refractivity (Wildman–Crippen MR) is 75.6 cm³/mol. The summed E-state index contributed by atoms with van der Waals surface area (Å²) in [6.45, 7) is 11.8. The van der Waals surface area contributed by atoms with Crippen LogP contribution in [-0.2, 0) is 4.74 Å². The van der Waals surface area contributed by atoms with Crippen LogP contribution in [-0.4, -0.2) is 50.8 Å². The van der Waals surface area contributed by atoms with Crippen LogP contribution < -0.4 is 5.32 Å². The summed E-state index contributed by atoms with van der Waals surface area (Å²) < 4.78 is 5.53. The Hall–Kier alpha value is -0.120. The molecule has 0 aromatic heterocycles. The first kappa shape index (κ1) is 16.9. The maximum atomic E-state index is 5.53. The Morgan fingerprint density at radius 3 is 2.47 bits per heavy atom. The van der Waals surface area contributed by atoms with E-state index in [1.165, 1.54) is 38.8 Å². The first-order chi connectivity index (χ1) is 8.16. The molecule has 0 saturated carbocycles. The van der Waals surface area contributed by atoms with Gasteiger partial charge in [-0.05, 0) is 59.8 Å². The number of likely N-dealkylation sites (N-methyl/N-ethyl adjacent to an activating group) is 1. The van der Waals surface area contributed by atoms with Gasteiger partial charge in [-0.15, -0.1) is 0 Å². The third kappa shape index (κ3) is 13.8. The van der Waals surface area contributed by atoms with Gasteiger partial charge in [0, 0.05) is 6.54 Å². The largest absolute Gasteiger partial charge is 0.377 e. The molecule has 0 amide bonds. The molecule has 0 atom stereocenters. The van der Waals surface area contributed by atoms with Gasteiger partial charge < -0.3 is 15.0 Å². The van der Waals surface area contributed by atoms with Crippen molar-refractivity contribution in [2.45, 2.75) is 52.6 Å². The zero-order chi connectivity index (χ0) is 12.9. The minimum Gasteiger partial charge on any atom is -0.377 e. The summed E-state index contributed by atoms with van der Waals surface area (Å²) in [5, 5.41) is 3.44. The van der Waals surface area contributed by atoms with E-state index >= 15 is 0 Å². The molecule has 0 spiro atoms. The molecule has 0 radical (unpaired) electrons. The van der Waals surface area contributed by atoms with Crippen molar-refractivity contribution in [1.29, 1.82) is 0 Å². The molecule has 0 unspecified atom stereocenters. The molecule has 3 nitrogen and oxygen atoms in total. The van der Waals surface area contributed by atoms with Gasteiger partial charge in [-0.2, -0.15) is 0 Å². The van der Waals surface area contributed by atoms with E-state index in [1.54, 1.807) is 0 Å². The smallest absolute Gasteiger partial charge is 0.0596 e. The molecule has 0 aromatic carbocycles. The van der Waals surface area contributed by atoms with E-state index in [4.69, 9.17) is 4.74 Å². The van der Waals surface area contributed by atoms with Crippen molar-refractivity contribution in [2.24, 2.45) is 0 Å². The van der Waals surface area contributed by atoms with E-state index in [9.17, 15) is 0 Å². The molecule has 0 aliphatic rings. The standard InChI is InChI=1S/C14H32N2O/c1-5-9-15-10-7-6-8-11-16(4)12-13-17-14(2)3/h14-15H,5-13H2,1-4H3. The SMILES string of the molecule is CCCNCCCCCN(C)CCOC(C)C. The van der Waals surface area contributed by atoms with Crippen molar-refractivity contribution in [3.05, 3.63) is 0 Å². The van der Waals surface area contributed by atoms with Crippen LogP contribution >= 0.6 is 0 Å². The summed E-state index contributed by atoms with van der Waals surface area (Å²) >= 11 is 0. The van der Waals surface area contributed by atoms with Crippen molar-refractivity contribution in [3.8, 4) is 0 Å². The first-order valence-electron chi connectivity index (χ1n) is 7.17. The summed E-state index contributed by atoms with van der Waals surface area (Å²) in [6, 6.07) is 0. The lowest BCUT2D eigenvalue weighted by atomic mass is 10.2. The first-order valence-corrected chi connectivity index (χ1v) is 7.17. The molecule has 17 heavy (non-hydrogen) atoms. The van der Waals surface area contributed by atoms with Crippen molar-refractivity contribution in [1.82, 2.24) is 10.2 Å². The average molecular weight is 244 g/mol. The number of nitrogens with zero attached hydrogens (tertiary/aromatic N) is 1. The predicted octanol–water partition coefficient (Wildman–Crippen LogP) is 2.51. The van der Waals surface area contributed by atoms with Gasteiger partial charge in [-0.3, -0.25) is 0 Å². The van der Waals surface area contributed by atoms with E-state index < -0.39 is 0 Å². The van der Waals surface area contributed by atoms with E-state index in [2.05, 4.69) is 38.0 Å². The third-order valence-corrected chi connectivity index (χ3v) is 2.74. The molecule has 1 N–H and O–H groups in total. The second kappa shape index (κ2) is 12.3. The fourth-order valence-electron chi connectivity index (χ4n) is 1.67. The lowest BCUT2D eigenvalue weighted by molar-refractivity contribution is 0.0636. The molecule has 0 heterocycles. The second-order valence-corrected chi connectivity index (χ2v) is 5.03. The van der Waals surface area contributed by atoms with Gasteiger partial charge >= 0.3 is 0 Å². The monoisotopic (exact) mass is 244 g/mol. The van der Waals surface area contributed by atoms with Gasteiger partial charge in [-0.1, -0.05) is 13.3 Å². The van der Waals surface area contributed by atoms with Crippen LogP contribution in [0.15, 0.2) is 0 Å². The normalized spacial score (nSPS) is 11.6. The minimum absolute atomic E-state index is 0.355. The molecular formula is C14H32N2O. The van der Waals surface area contributed by atoms with Crippen LogP contribution in [0.2, 0.25) is 0 Å². The number of rotatable bonds is 12. The van der Waals surface area contributed by atoms with Crippen LogP contribution in [0.3, 0.4) is 0 Å². The van der Waals surface area contributed by atoms with Gasteiger partial charge in [0.05, 0.1) is 12.7 Å².